The topological polar surface area (TPSA) is 22.3 Å². The molecule has 0 N–H and O–H groups in total. The van der Waals surface area contributed by atoms with E-state index in [2.05, 4.69) is 66.8 Å². The molecule has 5 heteroatoms. The predicted molar refractivity (Wildman–Crippen MR) is 107 cm³/mol. The fourth-order valence-electron chi connectivity index (χ4n) is 2.17. The maximum absolute atomic E-state index is 10.4. The fourth-order valence-corrected chi connectivity index (χ4v) is 6.22. The molecule has 2 radical (unpaired) electrons. The average molecular weight is 393 g/mol. The quantitative estimate of drug-likeness (QED) is 0.336. The van der Waals surface area contributed by atoms with Crippen molar-refractivity contribution in [1.82, 2.24) is 0 Å². The summed E-state index contributed by atoms with van der Waals surface area (Å²) in [6, 6.07) is 0. The summed E-state index contributed by atoms with van der Waals surface area (Å²) >= 11 is 9.17. The minimum absolute atomic E-state index is 0. The molecule has 22 heavy (non-hydrogen) atoms. The second-order valence-electron chi connectivity index (χ2n) is 5.80. The van der Waals surface area contributed by atoms with Crippen LogP contribution in [0.3, 0.4) is 0 Å². The molecule has 0 unspecified atom stereocenters. The summed E-state index contributed by atoms with van der Waals surface area (Å²) in [4.78, 5) is 0. The van der Waals surface area contributed by atoms with Gasteiger partial charge in [0, 0.05) is 6.42 Å². The Morgan fingerprint density at radius 2 is 1.09 bits per heavy atom. The molecule has 0 spiro atoms. The first-order valence-corrected chi connectivity index (χ1v) is 10.8. The zero-order valence-electron chi connectivity index (χ0n) is 15.0. The Bertz CT molecular complexity index is 299. The van der Waals surface area contributed by atoms with E-state index in [9.17, 15) is 5.16 Å². The van der Waals surface area contributed by atoms with Crippen molar-refractivity contribution >= 4 is 32.3 Å². The van der Waals surface area contributed by atoms with Crippen LogP contribution >= 0.6 is 7.05 Å². The van der Waals surface area contributed by atoms with Crippen molar-refractivity contribution in [1.29, 1.82) is 0 Å². The molecule has 1 nitrogen and oxygen atoms in total. The molecule has 0 aromatic carbocycles. The van der Waals surface area contributed by atoms with E-state index in [1.54, 1.807) is 0 Å². The molecule has 0 saturated heterocycles. The van der Waals surface area contributed by atoms with Crippen molar-refractivity contribution in [2.75, 3.05) is 11.5 Å². The molecule has 0 fully saturated rings. The summed E-state index contributed by atoms with van der Waals surface area (Å²) < 4.78 is 0. The number of rotatable bonds is 5. The fraction of sp³-hybridized carbons (Fsp3) is 0.706. The Hall–Kier alpha value is 1.12. The monoisotopic (exact) mass is 393 g/mol. The summed E-state index contributed by atoms with van der Waals surface area (Å²) in [5, 5.41) is 10.4. The predicted octanol–water partition coefficient (Wildman–Crippen LogP) is 5.77. The van der Waals surface area contributed by atoms with Crippen LogP contribution in [0.15, 0.2) is 24.3 Å². The Morgan fingerprint density at radius 3 is 1.14 bits per heavy atom. The Balaban J connectivity index is -0.000000273. The van der Waals surface area contributed by atoms with Gasteiger partial charge in [0.2, 0.25) is 0 Å². The molecule has 1 aliphatic rings. The van der Waals surface area contributed by atoms with E-state index in [1.165, 1.54) is 0 Å². The van der Waals surface area contributed by atoms with Crippen LogP contribution in [-0.4, -0.2) is 28.5 Å². The molecule has 0 bridgehead atoms. The Labute approximate surface area is 165 Å². The second kappa shape index (κ2) is 17.0. The Morgan fingerprint density at radius 1 is 0.773 bits per heavy atom. The number of hydrogen-bond donors (Lipinski definition) is 0. The van der Waals surface area contributed by atoms with Gasteiger partial charge >= 0.3 is 21.7 Å². The molecular weight excluding hydrogens is 361 g/mol. The van der Waals surface area contributed by atoms with Gasteiger partial charge < -0.3 is 30.4 Å². The molecule has 0 aromatic heterocycles. The van der Waals surface area contributed by atoms with E-state index in [4.69, 9.17) is 0 Å². The zero-order chi connectivity index (χ0) is 16.9. The van der Waals surface area contributed by atoms with Crippen LogP contribution in [0, 0.1) is 6.42 Å². The van der Waals surface area contributed by atoms with Crippen LogP contribution in [0.5, 0.6) is 0 Å². The van der Waals surface area contributed by atoms with Crippen molar-refractivity contribution in [2.45, 2.75) is 64.9 Å². The van der Waals surface area contributed by atoms with Crippen molar-refractivity contribution < 1.29 is 21.7 Å². The summed E-state index contributed by atoms with van der Waals surface area (Å²) in [5.74, 6) is 1.65. The van der Waals surface area contributed by atoms with Crippen LogP contribution in [0.1, 0.15) is 48.0 Å². The van der Waals surface area contributed by atoms with Crippen molar-refractivity contribution in [2.24, 2.45) is 0 Å². The number of nitrogens with zero attached hydrogens (tertiary/aromatic N) is 1. The normalized spacial score (nSPS) is 12.7. The van der Waals surface area contributed by atoms with E-state index in [0.29, 0.717) is 17.0 Å². The van der Waals surface area contributed by atoms with Gasteiger partial charge in [-0.2, -0.15) is 11.5 Å². The number of hydrogen-bond acceptors (Lipinski definition) is 2. The molecule has 0 amide bonds. The van der Waals surface area contributed by atoms with Gasteiger partial charge in [-0.1, -0.05) is 72.3 Å². The average Bonchev–Trinajstić information content (AvgIpc) is 2.97. The van der Waals surface area contributed by atoms with Crippen molar-refractivity contribution in [3.05, 3.63) is 35.9 Å². The first-order chi connectivity index (χ1) is 9.74. The Kier molecular flexibility index (Phi) is 21.6. The van der Waals surface area contributed by atoms with Crippen LogP contribution in [0.25, 0.3) is 5.16 Å². The van der Waals surface area contributed by atoms with Gasteiger partial charge in [-0.05, 0) is 17.0 Å². The van der Waals surface area contributed by atoms with Crippen LogP contribution in [-0.2, 0) is 47.0 Å². The van der Waals surface area contributed by atoms with Gasteiger partial charge in [0.25, 0.3) is 0 Å². The van der Waals surface area contributed by atoms with Crippen LogP contribution < -0.4 is 0 Å². The minimum Gasteiger partial charge on any atom is -0.807 e. The van der Waals surface area contributed by atoms with E-state index >= 15 is 0 Å². The molecule has 1 aliphatic carbocycles. The van der Waals surface area contributed by atoms with E-state index < -0.39 is 7.05 Å². The maximum atomic E-state index is 10.4. The number of allylic oxidation sites excluding steroid dienone is 4. The van der Waals surface area contributed by atoms with Gasteiger partial charge in [-0.3, -0.25) is 0 Å². The first-order valence-electron chi connectivity index (χ1n) is 7.68. The van der Waals surface area contributed by atoms with Gasteiger partial charge in [0.15, 0.2) is 0 Å². The van der Waals surface area contributed by atoms with Crippen molar-refractivity contribution in [3.8, 4) is 0 Å². The molecule has 0 atom stereocenters. The van der Waals surface area contributed by atoms with Gasteiger partial charge in [-0.25, -0.2) is 7.05 Å². The standard InChI is InChI=1S/C9H21NP.C5H5.C3H8S2.Ti/c1-7(2)11(10,8(3)4)9(5)6;1-2-4-5-3-1;4-2-1-3-5;/h7-9H,1-6H3;1-5H;4-5H,1-3H2;/q-1;;;+3/p-2. The molecule has 126 valence electrons. The molecule has 0 heterocycles. The summed E-state index contributed by atoms with van der Waals surface area (Å²) in [6.07, 6.45) is 11.0. The van der Waals surface area contributed by atoms with Crippen LogP contribution in [0.2, 0.25) is 0 Å². The smallest absolute Gasteiger partial charge is 0.807 e. The van der Waals surface area contributed by atoms with E-state index in [0.717, 1.165) is 17.9 Å². The van der Waals surface area contributed by atoms with Crippen LogP contribution in [0.4, 0.5) is 0 Å². The molecular formula is C17H32NPS2Ti. The summed E-state index contributed by atoms with van der Waals surface area (Å²) in [6.45, 7) is 12.8. The third-order valence-electron chi connectivity index (χ3n) is 3.33. The first kappa shape index (κ1) is 27.9. The molecule has 0 saturated carbocycles. The third kappa shape index (κ3) is 12.5. The summed E-state index contributed by atoms with van der Waals surface area (Å²) in [7, 11) is -1.69. The summed E-state index contributed by atoms with van der Waals surface area (Å²) in [5.41, 5.74) is 1.34. The SMILES string of the molecule is CC(C)P(=[N-])(C(C)C)C(C)C.[CH]1C=CC=C1.[S-]CCC[S-].[Ti+3]. The van der Waals surface area contributed by atoms with Gasteiger partial charge in [0.05, 0.1) is 0 Å². The maximum Gasteiger partial charge on any atom is 3.00 e. The molecule has 1 rings (SSSR count). The zero-order valence-corrected chi connectivity index (χ0v) is 19.0. The minimum atomic E-state index is -1.69. The van der Waals surface area contributed by atoms with Gasteiger partial charge in [-0.15, -0.1) is 0 Å². The third-order valence-corrected chi connectivity index (χ3v) is 8.87. The van der Waals surface area contributed by atoms with E-state index in [1.807, 2.05) is 30.7 Å². The van der Waals surface area contributed by atoms with E-state index in [-0.39, 0.29) is 21.7 Å². The molecule has 0 aliphatic heterocycles. The largest absolute Gasteiger partial charge is 3.00 e. The molecule has 0 aromatic rings. The van der Waals surface area contributed by atoms with Crippen molar-refractivity contribution in [3.63, 3.8) is 0 Å². The second-order valence-corrected chi connectivity index (χ2v) is 11.3. The van der Waals surface area contributed by atoms with Gasteiger partial charge in [0.1, 0.15) is 0 Å².